The minimum atomic E-state index is -9.30. The molecule has 0 rings (SSSR count). The fourth-order valence-electron chi connectivity index (χ4n) is 5.06. The van der Waals surface area contributed by atoms with E-state index in [2.05, 4.69) is 0 Å². The molecule has 446 valence electrons. The highest BCUT2D eigenvalue weighted by Gasteiger charge is 2.96. The number of halogens is 45. The first-order chi connectivity index (χ1) is 31.1. The Morgan fingerprint density at radius 3 is 0.405 bits per heavy atom. The zero-order valence-electron chi connectivity index (χ0n) is 32.8. The average Bonchev–Trinajstić information content (AvgIpc) is 3.16. The first-order valence-electron chi connectivity index (χ1n) is 16.9. The van der Waals surface area contributed by atoms with Gasteiger partial charge in [-0.1, -0.05) is 0 Å². The summed E-state index contributed by atoms with van der Waals surface area (Å²) in [6.07, 6.45) is -38.0. The Morgan fingerprint density at radius 2 is 0.284 bits per heavy atom. The molecule has 0 aliphatic heterocycles. The van der Waals surface area contributed by atoms with E-state index in [-0.39, 0.29) is 0 Å². The maximum atomic E-state index is 14.6. The van der Waals surface area contributed by atoms with Crippen molar-refractivity contribution >= 4 is 8.24 Å². The van der Waals surface area contributed by atoms with Crippen LogP contribution in [0.15, 0.2) is 0 Å². The highest BCUT2D eigenvalue weighted by atomic mass is 28.3. The second-order valence-corrected chi connectivity index (χ2v) is 19.3. The molecule has 1 nitrogen and oxygen atoms in total. The molecule has 47 heteroatoms. The summed E-state index contributed by atoms with van der Waals surface area (Å²) in [5, 5.41) is 4.72. The lowest BCUT2D eigenvalue weighted by Crippen LogP contribution is -2.73. The molecule has 2 N–H and O–H groups in total. The number of hydrogen-bond donors (Lipinski definition) is 1. The van der Waals surface area contributed by atoms with E-state index in [9.17, 15) is 198 Å². The standard InChI is InChI=1S/C27H14F45NSi/c28-7(29,10(34,35)13(40,41)16(46,47)19(52,53)22(58,59)25(64,65)66)1-4-74(73,5-2-8(30,31)11(36,37)14(42,43)17(48,49)20(54,55)23(60,61)26(67,68)69)6-3-9(32,33)12(38,39)15(44,45)18(50,51)21(56,57)24(62,63)27(70,71)72/h1-6,73H2. The van der Waals surface area contributed by atoms with Crippen molar-refractivity contribution in [1.29, 1.82) is 0 Å². The Labute approximate surface area is 374 Å². The van der Waals surface area contributed by atoms with Crippen LogP contribution in [0.2, 0.25) is 18.1 Å². The highest BCUT2D eigenvalue weighted by molar-refractivity contribution is 6.76. The molecule has 0 unspecified atom stereocenters. The van der Waals surface area contributed by atoms with E-state index >= 15 is 0 Å². The molecule has 0 bridgehead atoms. The van der Waals surface area contributed by atoms with E-state index in [0.717, 1.165) is 0 Å². The fraction of sp³-hybridized carbons (Fsp3) is 1.00. The molecule has 0 spiro atoms. The van der Waals surface area contributed by atoms with Gasteiger partial charge in [0.25, 0.3) is 0 Å². The normalized spacial score (nSPS) is 17.1. The number of rotatable bonds is 24. The molecule has 0 aliphatic carbocycles. The monoisotopic (exact) mass is 1240 g/mol. The van der Waals surface area contributed by atoms with Gasteiger partial charge < -0.3 is 5.40 Å². The van der Waals surface area contributed by atoms with Gasteiger partial charge in [-0.25, -0.2) is 0 Å². The Hall–Kier alpha value is -2.97. The van der Waals surface area contributed by atoms with Crippen molar-refractivity contribution in [3.05, 3.63) is 0 Å². The largest absolute Gasteiger partial charge is 0.460 e. The van der Waals surface area contributed by atoms with E-state index < -0.39 is 171 Å². The van der Waals surface area contributed by atoms with E-state index in [4.69, 9.17) is 5.40 Å². The van der Waals surface area contributed by atoms with Crippen molar-refractivity contribution in [3.8, 4) is 0 Å². The van der Waals surface area contributed by atoms with Crippen LogP contribution in [0.3, 0.4) is 0 Å². The van der Waals surface area contributed by atoms with Crippen molar-refractivity contribution in [2.45, 2.75) is 163 Å². The van der Waals surface area contributed by atoms with Crippen LogP contribution in [0.1, 0.15) is 19.3 Å². The SMILES string of the molecule is N[Si](CCC(F)(F)C(F)(F)C(F)(F)C(F)(F)C(F)(F)C(F)(F)C(F)(F)F)(CCC(F)(F)C(F)(F)C(F)(F)C(F)(F)C(F)(F)C(F)(F)C(F)(F)F)CCC(F)(F)C(F)(F)C(F)(F)C(F)(F)C(F)(F)C(F)(F)C(F)(F)F. The quantitative estimate of drug-likeness (QED) is 0.0756. The molecule has 0 aliphatic rings. The molecule has 0 saturated heterocycles. The Morgan fingerprint density at radius 1 is 0.176 bits per heavy atom. The maximum Gasteiger partial charge on any atom is 0.460 e. The lowest BCUT2D eigenvalue weighted by molar-refractivity contribution is -0.452. The van der Waals surface area contributed by atoms with E-state index in [1.54, 1.807) is 0 Å². The van der Waals surface area contributed by atoms with Crippen LogP contribution < -0.4 is 5.40 Å². The van der Waals surface area contributed by atoms with Crippen LogP contribution in [0.5, 0.6) is 0 Å². The summed E-state index contributed by atoms with van der Waals surface area (Å²) in [6.45, 7) is 0. The third-order valence-corrected chi connectivity index (χ3v) is 13.7. The molecular weight excluding hydrogens is 1220 g/mol. The molecule has 0 atom stereocenters. The Balaban J connectivity index is 8.04. The summed E-state index contributed by atoms with van der Waals surface area (Å²) < 4.78 is 612. The van der Waals surface area contributed by atoms with Crippen LogP contribution >= 0.6 is 0 Å². The molecule has 0 amide bonds. The predicted molar refractivity (Wildman–Crippen MR) is 145 cm³/mol. The van der Waals surface area contributed by atoms with Gasteiger partial charge in [0.15, 0.2) is 0 Å². The average molecular weight is 1240 g/mol. The molecular formula is C27H14F45NSi. The zero-order valence-corrected chi connectivity index (χ0v) is 33.8. The van der Waals surface area contributed by atoms with Gasteiger partial charge in [0.05, 0.1) is 0 Å². The predicted octanol–water partition coefficient (Wildman–Crippen LogP) is 16.2. The number of alkyl halides is 45. The summed E-state index contributed by atoms with van der Waals surface area (Å²) in [5.74, 6) is -160. The minimum absolute atomic E-state index is 3.68. The van der Waals surface area contributed by atoms with Gasteiger partial charge in [-0.05, 0) is 18.1 Å². The van der Waals surface area contributed by atoms with E-state index in [0.29, 0.717) is 0 Å². The molecule has 0 aromatic rings. The van der Waals surface area contributed by atoms with Gasteiger partial charge in [-0.15, -0.1) is 0 Å². The first kappa shape index (κ1) is 71.0. The highest BCUT2D eigenvalue weighted by Crippen LogP contribution is 2.67. The van der Waals surface area contributed by atoms with Gasteiger partial charge in [0.2, 0.25) is 0 Å². The smallest absolute Gasteiger partial charge is 0.351 e. The second kappa shape index (κ2) is 18.3. The maximum absolute atomic E-state index is 14.6. The van der Waals surface area contributed by atoms with Crippen LogP contribution in [0.25, 0.3) is 0 Å². The molecule has 0 radical (unpaired) electrons. The molecule has 0 saturated carbocycles. The molecule has 0 fully saturated rings. The third-order valence-electron chi connectivity index (χ3n) is 9.99. The van der Waals surface area contributed by atoms with Gasteiger partial charge in [-0.3, -0.25) is 0 Å². The van der Waals surface area contributed by atoms with Gasteiger partial charge in [0.1, 0.15) is 8.24 Å². The van der Waals surface area contributed by atoms with E-state index in [1.165, 1.54) is 0 Å². The van der Waals surface area contributed by atoms with Crippen molar-refractivity contribution in [2.75, 3.05) is 0 Å². The van der Waals surface area contributed by atoms with Crippen molar-refractivity contribution in [2.24, 2.45) is 5.40 Å². The lowest BCUT2D eigenvalue weighted by atomic mass is 9.90. The third kappa shape index (κ3) is 9.86. The Bertz CT molecular complexity index is 1730. The summed E-state index contributed by atoms with van der Waals surface area (Å²) in [4.78, 5) is 0. The molecule has 0 aromatic heterocycles. The summed E-state index contributed by atoms with van der Waals surface area (Å²) in [7, 11) is -7.39. The first-order valence-corrected chi connectivity index (χ1v) is 19.6. The molecule has 0 heterocycles. The van der Waals surface area contributed by atoms with E-state index in [1.807, 2.05) is 0 Å². The topological polar surface area (TPSA) is 26.0 Å². The van der Waals surface area contributed by atoms with Crippen molar-refractivity contribution in [3.63, 3.8) is 0 Å². The number of hydrogen-bond acceptors (Lipinski definition) is 1. The van der Waals surface area contributed by atoms with Gasteiger partial charge >= 0.3 is 125 Å². The zero-order chi connectivity index (χ0) is 61.2. The van der Waals surface area contributed by atoms with Crippen LogP contribution in [-0.4, -0.2) is 133 Å². The second-order valence-electron chi connectivity index (χ2n) is 15.1. The Kier molecular flexibility index (Phi) is 17.6. The molecule has 74 heavy (non-hydrogen) atoms. The van der Waals surface area contributed by atoms with Crippen LogP contribution in [0.4, 0.5) is 198 Å². The summed E-state index contributed by atoms with van der Waals surface area (Å²) in [5.41, 5.74) is 0. The number of nitrogens with two attached hydrogens (primary N) is 1. The lowest BCUT2D eigenvalue weighted by Gasteiger charge is -2.43. The minimum Gasteiger partial charge on any atom is -0.351 e. The van der Waals surface area contributed by atoms with Crippen LogP contribution in [-0.2, 0) is 0 Å². The van der Waals surface area contributed by atoms with Gasteiger partial charge in [-0.2, -0.15) is 198 Å². The fourth-order valence-corrected chi connectivity index (χ4v) is 8.25. The van der Waals surface area contributed by atoms with Gasteiger partial charge in [0, 0.05) is 19.3 Å². The van der Waals surface area contributed by atoms with Crippen LogP contribution in [0, 0.1) is 0 Å². The molecule has 0 aromatic carbocycles. The van der Waals surface area contributed by atoms with Crippen molar-refractivity contribution < 1.29 is 198 Å². The summed E-state index contributed by atoms with van der Waals surface area (Å²) >= 11 is 0. The summed E-state index contributed by atoms with van der Waals surface area (Å²) in [6, 6.07) is -11.0. The van der Waals surface area contributed by atoms with Crippen molar-refractivity contribution in [1.82, 2.24) is 0 Å².